The molecule has 0 heterocycles. The van der Waals surface area contributed by atoms with Gasteiger partial charge in [0.05, 0.1) is 12.0 Å². The van der Waals surface area contributed by atoms with Gasteiger partial charge in [-0.2, -0.15) is 0 Å². The number of rotatable bonds is 2. The highest BCUT2D eigenvalue weighted by Crippen LogP contribution is 2.52. The quantitative estimate of drug-likeness (QED) is 0.542. The average molecular weight is 234 g/mol. The van der Waals surface area contributed by atoms with Gasteiger partial charge in [0, 0.05) is 12.8 Å². The fourth-order valence-electron chi connectivity index (χ4n) is 2.67. The van der Waals surface area contributed by atoms with Crippen LogP contribution in [0.4, 0.5) is 0 Å². The molecule has 0 aliphatic heterocycles. The summed E-state index contributed by atoms with van der Waals surface area (Å²) in [5.74, 6) is 8.44. The summed E-state index contributed by atoms with van der Waals surface area (Å²) in [5.41, 5.74) is -0.378. The number of fused-ring (bicyclic) bond motifs is 1. The molecule has 0 amide bonds. The van der Waals surface area contributed by atoms with E-state index in [1.54, 1.807) is 0 Å². The number of carbonyl (C=O) groups is 1. The summed E-state index contributed by atoms with van der Waals surface area (Å²) in [5, 5.41) is 0. The smallest absolute Gasteiger partial charge is 0.311 e. The van der Waals surface area contributed by atoms with Crippen molar-refractivity contribution in [2.75, 3.05) is 6.61 Å². The Morgan fingerprint density at radius 3 is 2.18 bits per heavy atom. The lowest BCUT2D eigenvalue weighted by Crippen LogP contribution is -2.24. The Morgan fingerprint density at radius 1 is 1.18 bits per heavy atom. The topological polar surface area (TPSA) is 26.3 Å². The molecule has 2 rings (SSSR count). The van der Waals surface area contributed by atoms with E-state index in [1.165, 1.54) is 12.8 Å². The van der Waals surface area contributed by atoms with Crippen molar-refractivity contribution in [1.29, 1.82) is 0 Å². The number of esters is 1. The van der Waals surface area contributed by atoms with Crippen molar-refractivity contribution in [1.82, 2.24) is 0 Å². The third kappa shape index (κ3) is 3.03. The molecular formula is C15H22O2. The Labute approximate surface area is 104 Å². The Balaban J connectivity index is 1.78. The van der Waals surface area contributed by atoms with Gasteiger partial charge in [0.1, 0.15) is 0 Å². The molecule has 0 saturated heterocycles. The van der Waals surface area contributed by atoms with Gasteiger partial charge in [0.25, 0.3) is 0 Å². The van der Waals surface area contributed by atoms with Gasteiger partial charge in [-0.15, -0.1) is 11.8 Å². The van der Waals surface area contributed by atoms with Crippen molar-refractivity contribution in [2.24, 2.45) is 23.2 Å². The molecule has 2 aliphatic carbocycles. The maximum absolute atomic E-state index is 11.7. The molecule has 1 saturated carbocycles. The molecule has 1 unspecified atom stereocenters. The summed E-state index contributed by atoms with van der Waals surface area (Å²) in [4.78, 5) is 11.7. The van der Waals surface area contributed by atoms with E-state index in [-0.39, 0.29) is 11.4 Å². The van der Waals surface area contributed by atoms with Crippen LogP contribution in [0, 0.1) is 35.0 Å². The van der Waals surface area contributed by atoms with Crippen LogP contribution in [0.15, 0.2) is 0 Å². The average Bonchev–Trinajstić information content (AvgIpc) is 2.83. The van der Waals surface area contributed by atoms with Crippen LogP contribution in [-0.4, -0.2) is 12.6 Å². The molecule has 0 aromatic rings. The van der Waals surface area contributed by atoms with Gasteiger partial charge in [-0.1, -0.05) is 0 Å². The molecule has 1 fully saturated rings. The second kappa shape index (κ2) is 4.72. The molecule has 17 heavy (non-hydrogen) atoms. The molecular weight excluding hydrogens is 212 g/mol. The highest BCUT2D eigenvalue weighted by molar-refractivity contribution is 5.75. The van der Waals surface area contributed by atoms with Crippen molar-refractivity contribution in [3.63, 3.8) is 0 Å². The van der Waals surface area contributed by atoms with Crippen LogP contribution in [0.25, 0.3) is 0 Å². The Morgan fingerprint density at radius 2 is 1.71 bits per heavy atom. The molecule has 0 bridgehead atoms. The van der Waals surface area contributed by atoms with Gasteiger partial charge in [-0.05, 0) is 51.4 Å². The second-order valence-electron chi connectivity index (χ2n) is 6.27. The van der Waals surface area contributed by atoms with Gasteiger partial charge < -0.3 is 4.74 Å². The summed E-state index contributed by atoms with van der Waals surface area (Å²) in [7, 11) is 0. The first-order valence-electron chi connectivity index (χ1n) is 6.63. The van der Waals surface area contributed by atoms with E-state index in [2.05, 4.69) is 11.8 Å². The van der Waals surface area contributed by atoms with E-state index in [1.807, 2.05) is 20.8 Å². The fraction of sp³-hybridized carbons (Fsp3) is 0.800. The van der Waals surface area contributed by atoms with Crippen molar-refractivity contribution in [3.05, 3.63) is 0 Å². The highest BCUT2D eigenvalue weighted by Gasteiger charge is 2.49. The summed E-state index contributed by atoms with van der Waals surface area (Å²) in [6.07, 6.45) is 4.42. The summed E-state index contributed by atoms with van der Waals surface area (Å²) in [6, 6.07) is 0. The van der Waals surface area contributed by atoms with Crippen LogP contribution in [-0.2, 0) is 9.53 Å². The SMILES string of the molecule is CC(C)(C)C(=O)OCC1[C@H]2CCC#CCC[C@@H]12. The maximum Gasteiger partial charge on any atom is 0.311 e. The Bertz CT molecular complexity index is 335. The van der Waals surface area contributed by atoms with E-state index in [0.717, 1.165) is 24.7 Å². The van der Waals surface area contributed by atoms with Crippen LogP contribution in [0.2, 0.25) is 0 Å². The molecule has 2 nitrogen and oxygen atoms in total. The number of ether oxygens (including phenoxy) is 1. The predicted molar refractivity (Wildman–Crippen MR) is 67.1 cm³/mol. The standard InChI is InChI=1S/C15H22O2/c1-15(2,3)14(16)17-10-13-11-8-6-4-5-7-9-12(11)13/h11-13H,6-10H2,1-3H3/t11-,12+,13?. The van der Waals surface area contributed by atoms with E-state index < -0.39 is 0 Å². The van der Waals surface area contributed by atoms with Crippen molar-refractivity contribution >= 4 is 5.97 Å². The zero-order valence-corrected chi connectivity index (χ0v) is 11.1. The first-order valence-corrected chi connectivity index (χ1v) is 6.63. The predicted octanol–water partition coefficient (Wildman–Crippen LogP) is 3.02. The van der Waals surface area contributed by atoms with Crippen LogP contribution < -0.4 is 0 Å². The first-order chi connectivity index (χ1) is 8.00. The molecule has 2 aliphatic rings. The molecule has 2 heteroatoms. The second-order valence-corrected chi connectivity index (χ2v) is 6.27. The fourth-order valence-corrected chi connectivity index (χ4v) is 2.67. The van der Waals surface area contributed by atoms with Crippen LogP contribution in [0.1, 0.15) is 46.5 Å². The van der Waals surface area contributed by atoms with Gasteiger partial charge in [0.15, 0.2) is 0 Å². The molecule has 0 N–H and O–H groups in total. The van der Waals surface area contributed by atoms with E-state index in [4.69, 9.17) is 4.74 Å². The van der Waals surface area contributed by atoms with Crippen LogP contribution in [0.5, 0.6) is 0 Å². The number of hydrogen-bond donors (Lipinski definition) is 0. The zero-order valence-electron chi connectivity index (χ0n) is 11.1. The van der Waals surface area contributed by atoms with Gasteiger partial charge in [0.2, 0.25) is 0 Å². The van der Waals surface area contributed by atoms with Crippen LogP contribution >= 0.6 is 0 Å². The van der Waals surface area contributed by atoms with Gasteiger partial charge in [-0.3, -0.25) is 4.79 Å². The van der Waals surface area contributed by atoms with E-state index in [9.17, 15) is 4.79 Å². The van der Waals surface area contributed by atoms with E-state index in [0.29, 0.717) is 12.5 Å². The highest BCUT2D eigenvalue weighted by atomic mass is 16.5. The lowest BCUT2D eigenvalue weighted by atomic mass is 9.97. The third-order valence-electron chi connectivity index (χ3n) is 3.86. The van der Waals surface area contributed by atoms with Gasteiger partial charge >= 0.3 is 5.97 Å². The Hall–Kier alpha value is -0.970. The molecule has 0 radical (unpaired) electrons. The van der Waals surface area contributed by atoms with Crippen molar-refractivity contribution in [3.8, 4) is 11.8 Å². The normalized spacial score (nSPS) is 31.4. The maximum atomic E-state index is 11.7. The lowest BCUT2D eigenvalue weighted by Gasteiger charge is -2.16. The van der Waals surface area contributed by atoms with E-state index >= 15 is 0 Å². The summed E-state index contributed by atoms with van der Waals surface area (Å²) in [6.45, 7) is 6.32. The lowest BCUT2D eigenvalue weighted by molar-refractivity contribution is -0.153. The minimum absolute atomic E-state index is 0.0759. The molecule has 0 spiro atoms. The minimum atomic E-state index is -0.378. The summed E-state index contributed by atoms with van der Waals surface area (Å²) < 4.78 is 5.42. The zero-order chi connectivity index (χ0) is 12.5. The van der Waals surface area contributed by atoms with Crippen LogP contribution in [0.3, 0.4) is 0 Å². The largest absolute Gasteiger partial charge is 0.465 e. The molecule has 94 valence electrons. The number of hydrogen-bond acceptors (Lipinski definition) is 2. The van der Waals surface area contributed by atoms with Crippen molar-refractivity contribution in [2.45, 2.75) is 46.5 Å². The monoisotopic (exact) mass is 234 g/mol. The molecule has 0 aromatic heterocycles. The number of carbonyl (C=O) groups excluding carboxylic acids is 1. The molecule has 0 aromatic carbocycles. The minimum Gasteiger partial charge on any atom is -0.465 e. The van der Waals surface area contributed by atoms with Gasteiger partial charge in [-0.25, -0.2) is 0 Å². The molecule has 3 atom stereocenters. The Kier molecular flexibility index (Phi) is 3.47. The van der Waals surface area contributed by atoms with Crippen molar-refractivity contribution < 1.29 is 9.53 Å². The summed E-state index contributed by atoms with van der Waals surface area (Å²) >= 11 is 0. The third-order valence-corrected chi connectivity index (χ3v) is 3.86. The first kappa shape index (κ1) is 12.5.